The van der Waals surface area contributed by atoms with E-state index in [1.54, 1.807) is 50.2 Å². The molecule has 0 unspecified atom stereocenters. The average molecular weight is 469 g/mol. The predicted molar refractivity (Wildman–Crippen MR) is 109 cm³/mol. The first-order chi connectivity index (χ1) is 13.2. The second kappa shape index (κ2) is 9.81. The van der Waals surface area contributed by atoms with Crippen molar-refractivity contribution in [3.63, 3.8) is 0 Å². The zero-order valence-electron chi connectivity index (χ0n) is 15.4. The van der Waals surface area contributed by atoms with Crippen molar-refractivity contribution in [2.24, 2.45) is 5.92 Å². The number of benzene rings is 2. The number of nitrogens with one attached hydrogen (secondary N) is 2. The summed E-state index contributed by atoms with van der Waals surface area (Å²) in [6, 6.07) is 13.5. The van der Waals surface area contributed by atoms with E-state index >= 15 is 0 Å². The molecule has 2 rings (SSSR count). The number of carbonyl (C=O) groups is 2. The van der Waals surface area contributed by atoms with Crippen LogP contribution in [0.15, 0.2) is 64.0 Å². The number of sulfonamides is 1. The van der Waals surface area contributed by atoms with Crippen LogP contribution >= 0.6 is 15.9 Å². The van der Waals surface area contributed by atoms with Gasteiger partial charge in [-0.25, -0.2) is 8.42 Å². The smallest absolute Gasteiger partial charge is 0.324 e. The fraction of sp³-hybridized carbons (Fsp3) is 0.263. The van der Waals surface area contributed by atoms with Gasteiger partial charge in [-0.2, -0.15) is 4.72 Å². The molecule has 0 heterocycles. The Kier molecular flexibility index (Phi) is 7.73. The largest absolute Gasteiger partial charge is 0.454 e. The number of rotatable bonds is 8. The van der Waals surface area contributed by atoms with Crippen LogP contribution in [0.5, 0.6) is 0 Å². The fourth-order valence-electron chi connectivity index (χ4n) is 2.28. The Hall–Kier alpha value is -2.23. The van der Waals surface area contributed by atoms with Gasteiger partial charge in [0, 0.05) is 10.2 Å². The minimum absolute atomic E-state index is 0.0425. The number of ether oxygens (including phenoxy) is 1. The number of amides is 1. The second-order valence-electron chi connectivity index (χ2n) is 6.32. The maximum absolute atomic E-state index is 12.5. The normalized spacial score (nSPS) is 12.4. The lowest BCUT2D eigenvalue weighted by Gasteiger charge is -2.20. The number of hydrogen-bond donors (Lipinski definition) is 2. The molecule has 0 aromatic heterocycles. The Morgan fingerprint density at radius 3 is 2.36 bits per heavy atom. The fourth-order valence-corrected chi connectivity index (χ4v) is 4.03. The van der Waals surface area contributed by atoms with Gasteiger partial charge in [-0.3, -0.25) is 9.59 Å². The van der Waals surface area contributed by atoms with Crippen LogP contribution in [0.25, 0.3) is 0 Å². The van der Waals surface area contributed by atoms with E-state index in [-0.39, 0.29) is 10.8 Å². The van der Waals surface area contributed by atoms with Crippen LogP contribution in [0, 0.1) is 5.92 Å². The van der Waals surface area contributed by atoms with E-state index < -0.39 is 34.5 Å². The summed E-state index contributed by atoms with van der Waals surface area (Å²) in [5.74, 6) is -1.72. The molecule has 28 heavy (non-hydrogen) atoms. The van der Waals surface area contributed by atoms with Gasteiger partial charge in [0.2, 0.25) is 10.0 Å². The van der Waals surface area contributed by atoms with E-state index in [4.69, 9.17) is 4.74 Å². The van der Waals surface area contributed by atoms with Gasteiger partial charge in [-0.05, 0) is 36.2 Å². The highest BCUT2D eigenvalue weighted by Gasteiger charge is 2.30. The van der Waals surface area contributed by atoms with E-state index in [9.17, 15) is 18.0 Å². The van der Waals surface area contributed by atoms with Gasteiger partial charge < -0.3 is 10.1 Å². The molecular weight excluding hydrogens is 448 g/mol. The lowest BCUT2D eigenvalue weighted by Crippen LogP contribution is -2.45. The third-order valence-electron chi connectivity index (χ3n) is 3.71. The van der Waals surface area contributed by atoms with Gasteiger partial charge in [-0.15, -0.1) is 0 Å². The Bertz CT molecular complexity index is 932. The molecule has 0 bridgehead atoms. The summed E-state index contributed by atoms with van der Waals surface area (Å²) in [6.07, 6.45) is 0. The maximum Gasteiger partial charge on any atom is 0.324 e. The Labute approximate surface area is 172 Å². The SMILES string of the molecule is CC(C)[C@@H](NS(=O)(=O)c1ccccc1)C(=O)OCC(=O)Nc1cccc(Br)c1. The molecule has 7 nitrogen and oxygen atoms in total. The average Bonchev–Trinajstić information content (AvgIpc) is 2.65. The van der Waals surface area contributed by atoms with E-state index in [2.05, 4.69) is 26.0 Å². The third kappa shape index (κ3) is 6.43. The van der Waals surface area contributed by atoms with Gasteiger partial charge in [-0.1, -0.05) is 54.0 Å². The van der Waals surface area contributed by atoms with Crippen molar-refractivity contribution >= 4 is 43.5 Å². The zero-order valence-corrected chi connectivity index (χ0v) is 17.8. The number of esters is 1. The standard InChI is InChI=1S/C19H21BrN2O5S/c1-13(2)18(22-28(25,26)16-9-4-3-5-10-16)19(24)27-12-17(23)21-15-8-6-7-14(20)11-15/h3-11,13,18,22H,12H2,1-2H3,(H,21,23)/t18-/m1/s1. The molecule has 9 heteroatoms. The molecule has 0 spiro atoms. The van der Waals surface area contributed by atoms with Crippen molar-refractivity contribution in [1.82, 2.24) is 4.72 Å². The first-order valence-electron chi connectivity index (χ1n) is 8.48. The molecule has 2 N–H and O–H groups in total. The third-order valence-corrected chi connectivity index (χ3v) is 5.66. The topological polar surface area (TPSA) is 102 Å². The lowest BCUT2D eigenvalue weighted by molar-refractivity contribution is -0.150. The number of halogens is 1. The van der Waals surface area contributed by atoms with Gasteiger partial charge in [0.05, 0.1) is 4.90 Å². The summed E-state index contributed by atoms with van der Waals surface area (Å²) in [5, 5.41) is 2.60. The molecule has 0 saturated carbocycles. The minimum atomic E-state index is -3.90. The van der Waals surface area contributed by atoms with Crippen molar-refractivity contribution in [2.45, 2.75) is 24.8 Å². The van der Waals surface area contributed by atoms with Crippen LogP contribution in [0.4, 0.5) is 5.69 Å². The van der Waals surface area contributed by atoms with Gasteiger partial charge in [0.15, 0.2) is 6.61 Å². The highest BCUT2D eigenvalue weighted by atomic mass is 79.9. The summed E-state index contributed by atoms with van der Waals surface area (Å²) in [5.41, 5.74) is 0.542. The summed E-state index contributed by atoms with van der Waals surface area (Å²) < 4.78 is 33.1. The molecule has 2 aromatic carbocycles. The molecule has 1 atom stereocenters. The van der Waals surface area contributed by atoms with Crippen LogP contribution in [0.2, 0.25) is 0 Å². The van der Waals surface area contributed by atoms with Crippen molar-refractivity contribution in [3.05, 3.63) is 59.1 Å². The Balaban J connectivity index is 1.98. The van der Waals surface area contributed by atoms with Crippen LogP contribution < -0.4 is 10.0 Å². The highest BCUT2D eigenvalue weighted by molar-refractivity contribution is 9.10. The van der Waals surface area contributed by atoms with E-state index in [0.29, 0.717) is 5.69 Å². The molecular formula is C19H21BrN2O5S. The maximum atomic E-state index is 12.5. The van der Waals surface area contributed by atoms with Crippen LogP contribution in [-0.4, -0.2) is 32.9 Å². The summed E-state index contributed by atoms with van der Waals surface area (Å²) in [6.45, 7) is 2.84. The first kappa shape index (κ1) is 22.1. The summed E-state index contributed by atoms with van der Waals surface area (Å²) >= 11 is 3.29. The molecule has 2 aromatic rings. The van der Waals surface area contributed by atoms with Gasteiger partial charge >= 0.3 is 5.97 Å². The quantitative estimate of drug-likeness (QED) is 0.579. The summed E-state index contributed by atoms with van der Waals surface area (Å²) in [4.78, 5) is 24.4. The van der Waals surface area contributed by atoms with Crippen LogP contribution in [0.1, 0.15) is 13.8 Å². The van der Waals surface area contributed by atoms with Crippen LogP contribution in [-0.2, 0) is 24.3 Å². The Morgan fingerprint density at radius 2 is 1.75 bits per heavy atom. The van der Waals surface area contributed by atoms with Crippen molar-refractivity contribution in [3.8, 4) is 0 Å². The van der Waals surface area contributed by atoms with Gasteiger partial charge in [0.25, 0.3) is 5.91 Å². The van der Waals surface area contributed by atoms with Gasteiger partial charge in [0.1, 0.15) is 6.04 Å². The molecule has 0 saturated heterocycles. The van der Waals surface area contributed by atoms with Crippen LogP contribution in [0.3, 0.4) is 0 Å². The number of carbonyl (C=O) groups excluding carboxylic acids is 2. The summed E-state index contributed by atoms with van der Waals surface area (Å²) in [7, 11) is -3.90. The minimum Gasteiger partial charge on any atom is -0.454 e. The van der Waals surface area contributed by atoms with E-state index in [1.165, 1.54) is 12.1 Å². The second-order valence-corrected chi connectivity index (χ2v) is 8.95. The monoisotopic (exact) mass is 468 g/mol. The molecule has 0 aliphatic rings. The number of hydrogen-bond acceptors (Lipinski definition) is 5. The molecule has 0 aliphatic carbocycles. The Morgan fingerprint density at radius 1 is 1.07 bits per heavy atom. The molecule has 0 fully saturated rings. The first-order valence-corrected chi connectivity index (χ1v) is 10.8. The lowest BCUT2D eigenvalue weighted by atomic mass is 10.1. The van der Waals surface area contributed by atoms with E-state index in [0.717, 1.165) is 4.47 Å². The zero-order chi connectivity index (χ0) is 20.7. The predicted octanol–water partition coefficient (Wildman–Crippen LogP) is 2.93. The van der Waals surface area contributed by atoms with Crippen molar-refractivity contribution < 1.29 is 22.7 Å². The molecule has 150 valence electrons. The number of anilines is 1. The van der Waals surface area contributed by atoms with Crippen molar-refractivity contribution in [2.75, 3.05) is 11.9 Å². The van der Waals surface area contributed by atoms with Crippen molar-refractivity contribution in [1.29, 1.82) is 0 Å². The molecule has 0 aliphatic heterocycles. The molecule has 1 amide bonds. The molecule has 0 radical (unpaired) electrons. The highest BCUT2D eigenvalue weighted by Crippen LogP contribution is 2.16. The van der Waals surface area contributed by atoms with E-state index in [1.807, 2.05) is 6.07 Å².